The molecule has 0 aliphatic carbocycles. The molecule has 0 radical (unpaired) electrons. The number of aliphatic hydroxyl groups excluding tert-OH is 1. The maximum atomic E-state index is 13.1. The number of Topliss-reactive ketones (excluding diaryl/α,β-unsaturated/α-hetero) is 1. The van der Waals surface area contributed by atoms with Crippen molar-refractivity contribution in [1.29, 1.82) is 0 Å². The second kappa shape index (κ2) is 7.51. The SMILES string of the molecule is COc1ccccc1C1C(=C(O)c2ccc(C)cc2)C(=O)C(=O)N1c1cc(C)on1. The van der Waals surface area contributed by atoms with Crippen molar-refractivity contribution >= 4 is 23.3 Å². The Morgan fingerprint density at radius 1 is 1.10 bits per heavy atom. The third-order valence-electron chi connectivity index (χ3n) is 5.07. The third-order valence-corrected chi connectivity index (χ3v) is 5.07. The predicted octanol–water partition coefficient (Wildman–Crippen LogP) is 3.93. The number of benzene rings is 2. The number of carbonyl (C=O) groups excluding carboxylic acids is 2. The van der Waals surface area contributed by atoms with E-state index < -0.39 is 17.7 Å². The molecule has 2 heterocycles. The van der Waals surface area contributed by atoms with E-state index in [-0.39, 0.29) is 17.2 Å². The molecule has 1 atom stereocenters. The fourth-order valence-electron chi connectivity index (χ4n) is 3.59. The Labute approximate surface area is 173 Å². The first-order valence-electron chi connectivity index (χ1n) is 9.36. The Morgan fingerprint density at radius 2 is 1.80 bits per heavy atom. The molecule has 1 amide bonds. The predicted molar refractivity (Wildman–Crippen MR) is 110 cm³/mol. The number of aryl methyl sites for hydroxylation is 2. The Balaban J connectivity index is 1.98. The molecule has 0 bridgehead atoms. The molecular formula is C23H20N2O5. The van der Waals surface area contributed by atoms with Crippen LogP contribution in [0.5, 0.6) is 5.75 Å². The van der Waals surface area contributed by atoms with Crippen molar-refractivity contribution < 1.29 is 24.0 Å². The van der Waals surface area contributed by atoms with Crippen LogP contribution in [0.25, 0.3) is 5.76 Å². The van der Waals surface area contributed by atoms with E-state index in [2.05, 4.69) is 5.16 Å². The molecular weight excluding hydrogens is 384 g/mol. The van der Waals surface area contributed by atoms with Gasteiger partial charge in [0.15, 0.2) is 5.82 Å². The molecule has 0 saturated carbocycles. The summed E-state index contributed by atoms with van der Waals surface area (Å²) in [4.78, 5) is 27.3. The highest BCUT2D eigenvalue weighted by atomic mass is 16.5. The molecule has 0 spiro atoms. The van der Waals surface area contributed by atoms with E-state index in [1.807, 2.05) is 19.1 Å². The van der Waals surface area contributed by atoms with Crippen LogP contribution in [0.1, 0.15) is 28.5 Å². The minimum atomic E-state index is -0.924. The number of methoxy groups -OCH3 is 1. The topological polar surface area (TPSA) is 92.9 Å². The molecule has 1 aromatic heterocycles. The lowest BCUT2D eigenvalue weighted by Crippen LogP contribution is -2.29. The highest BCUT2D eigenvalue weighted by Gasteiger charge is 2.49. The van der Waals surface area contributed by atoms with Crippen molar-refractivity contribution in [3.8, 4) is 5.75 Å². The lowest BCUT2D eigenvalue weighted by Gasteiger charge is -2.24. The van der Waals surface area contributed by atoms with Gasteiger partial charge in [-0.15, -0.1) is 0 Å². The number of aromatic nitrogens is 1. The van der Waals surface area contributed by atoms with Gasteiger partial charge in [-0.05, 0) is 19.9 Å². The molecule has 7 heteroatoms. The molecule has 4 rings (SSSR count). The number of hydrogen-bond donors (Lipinski definition) is 1. The van der Waals surface area contributed by atoms with E-state index in [4.69, 9.17) is 9.26 Å². The summed E-state index contributed by atoms with van der Waals surface area (Å²) in [5, 5.41) is 15.0. The smallest absolute Gasteiger partial charge is 0.301 e. The summed E-state index contributed by atoms with van der Waals surface area (Å²) >= 11 is 0. The summed E-state index contributed by atoms with van der Waals surface area (Å²) < 4.78 is 10.6. The Hall–Kier alpha value is -3.87. The van der Waals surface area contributed by atoms with Gasteiger partial charge in [-0.25, -0.2) is 0 Å². The van der Waals surface area contributed by atoms with Crippen LogP contribution in [-0.4, -0.2) is 29.1 Å². The summed E-state index contributed by atoms with van der Waals surface area (Å²) in [5.74, 6) is -0.702. The number of amides is 1. The van der Waals surface area contributed by atoms with Gasteiger partial charge in [-0.1, -0.05) is 53.2 Å². The maximum Gasteiger partial charge on any atom is 0.301 e. The van der Waals surface area contributed by atoms with Crippen molar-refractivity contribution in [1.82, 2.24) is 5.16 Å². The van der Waals surface area contributed by atoms with E-state index in [0.717, 1.165) is 5.56 Å². The number of ether oxygens (including phenoxy) is 1. The molecule has 30 heavy (non-hydrogen) atoms. The van der Waals surface area contributed by atoms with E-state index in [1.165, 1.54) is 12.0 Å². The van der Waals surface area contributed by atoms with Crippen molar-refractivity contribution in [2.75, 3.05) is 12.0 Å². The average Bonchev–Trinajstić information content (AvgIpc) is 3.29. The first kappa shape index (κ1) is 19.4. The van der Waals surface area contributed by atoms with Crippen LogP contribution in [-0.2, 0) is 9.59 Å². The zero-order valence-electron chi connectivity index (χ0n) is 16.7. The summed E-state index contributed by atoms with van der Waals surface area (Å²) in [6, 6.07) is 14.7. The molecule has 7 nitrogen and oxygen atoms in total. The van der Waals surface area contributed by atoms with Crippen molar-refractivity contribution in [3.05, 3.63) is 82.6 Å². The molecule has 1 aliphatic heterocycles. The van der Waals surface area contributed by atoms with Gasteiger partial charge < -0.3 is 14.4 Å². The zero-order valence-corrected chi connectivity index (χ0v) is 16.7. The van der Waals surface area contributed by atoms with E-state index in [1.54, 1.807) is 49.4 Å². The van der Waals surface area contributed by atoms with Crippen LogP contribution in [0.15, 0.2) is 64.7 Å². The second-order valence-corrected chi connectivity index (χ2v) is 7.07. The monoisotopic (exact) mass is 404 g/mol. The molecule has 1 aliphatic rings. The molecule has 1 unspecified atom stereocenters. The van der Waals surface area contributed by atoms with Gasteiger partial charge in [0.2, 0.25) is 0 Å². The largest absolute Gasteiger partial charge is 0.507 e. The molecule has 1 N–H and O–H groups in total. The minimum Gasteiger partial charge on any atom is -0.507 e. The summed E-state index contributed by atoms with van der Waals surface area (Å²) in [7, 11) is 1.51. The first-order valence-corrected chi connectivity index (χ1v) is 9.36. The van der Waals surface area contributed by atoms with Crippen LogP contribution in [0.4, 0.5) is 5.82 Å². The summed E-state index contributed by atoms with van der Waals surface area (Å²) in [6.07, 6.45) is 0. The Bertz CT molecular complexity index is 1160. The number of para-hydroxylation sites is 1. The van der Waals surface area contributed by atoms with Crippen molar-refractivity contribution in [2.45, 2.75) is 19.9 Å². The fraction of sp³-hybridized carbons (Fsp3) is 0.174. The molecule has 1 saturated heterocycles. The first-order chi connectivity index (χ1) is 14.4. The maximum absolute atomic E-state index is 13.1. The number of aliphatic hydroxyl groups is 1. The Kier molecular flexibility index (Phi) is 4.87. The Morgan fingerprint density at radius 3 is 2.43 bits per heavy atom. The number of carbonyl (C=O) groups is 2. The van der Waals surface area contributed by atoms with Crippen LogP contribution < -0.4 is 9.64 Å². The molecule has 1 fully saturated rings. The molecule has 2 aromatic carbocycles. The van der Waals surface area contributed by atoms with Gasteiger partial charge >= 0.3 is 5.91 Å². The van der Waals surface area contributed by atoms with E-state index in [9.17, 15) is 14.7 Å². The molecule has 152 valence electrons. The lowest BCUT2D eigenvalue weighted by atomic mass is 9.94. The van der Waals surface area contributed by atoms with E-state index >= 15 is 0 Å². The fourth-order valence-corrected chi connectivity index (χ4v) is 3.59. The number of anilines is 1. The van der Waals surface area contributed by atoms with Crippen LogP contribution in [0.3, 0.4) is 0 Å². The highest BCUT2D eigenvalue weighted by molar-refractivity contribution is 6.51. The van der Waals surface area contributed by atoms with Crippen molar-refractivity contribution in [3.63, 3.8) is 0 Å². The van der Waals surface area contributed by atoms with Gasteiger partial charge in [-0.3, -0.25) is 14.5 Å². The number of rotatable bonds is 4. The standard InChI is InChI=1S/C23H20N2O5/c1-13-8-10-15(11-9-13)21(26)19-20(16-6-4-5-7-17(16)29-3)25(23(28)22(19)27)18-12-14(2)30-24-18/h4-12,20,26H,1-3H3. The minimum absolute atomic E-state index is 0.0333. The van der Waals surface area contributed by atoms with Gasteiger partial charge in [-0.2, -0.15) is 0 Å². The quantitative estimate of drug-likeness (QED) is 0.402. The second-order valence-electron chi connectivity index (χ2n) is 7.07. The highest BCUT2D eigenvalue weighted by Crippen LogP contribution is 2.44. The normalized spacial score (nSPS) is 18.1. The number of hydrogen-bond acceptors (Lipinski definition) is 6. The third kappa shape index (κ3) is 3.14. The van der Waals surface area contributed by atoms with E-state index in [0.29, 0.717) is 22.6 Å². The number of nitrogens with zero attached hydrogens (tertiary/aromatic N) is 2. The average molecular weight is 404 g/mol. The summed E-state index contributed by atoms with van der Waals surface area (Å²) in [5.41, 5.74) is 1.96. The van der Waals surface area contributed by atoms with Crippen LogP contribution in [0.2, 0.25) is 0 Å². The lowest BCUT2D eigenvalue weighted by molar-refractivity contribution is -0.132. The van der Waals surface area contributed by atoms with Crippen molar-refractivity contribution in [2.24, 2.45) is 0 Å². The van der Waals surface area contributed by atoms with Crippen LogP contribution in [0, 0.1) is 13.8 Å². The summed E-state index contributed by atoms with van der Waals surface area (Å²) in [6.45, 7) is 3.61. The van der Waals surface area contributed by atoms with Crippen LogP contribution >= 0.6 is 0 Å². The van der Waals surface area contributed by atoms with Gasteiger partial charge in [0.1, 0.15) is 23.3 Å². The molecule has 3 aromatic rings. The van der Waals surface area contributed by atoms with Gasteiger partial charge in [0, 0.05) is 17.2 Å². The van der Waals surface area contributed by atoms with Gasteiger partial charge in [0.05, 0.1) is 12.7 Å². The van der Waals surface area contributed by atoms with Gasteiger partial charge in [0.25, 0.3) is 5.78 Å². The zero-order chi connectivity index (χ0) is 21.4. The number of ketones is 1.